The van der Waals surface area contributed by atoms with Crippen LogP contribution < -0.4 is 14.8 Å². The summed E-state index contributed by atoms with van der Waals surface area (Å²) in [4.78, 5) is 13.0. The van der Waals surface area contributed by atoms with Crippen LogP contribution in [0, 0.1) is 23.7 Å². The first-order valence-electron chi connectivity index (χ1n) is 12.0. The number of H-pyrrole nitrogens is 1. The number of amides is 1. The summed E-state index contributed by atoms with van der Waals surface area (Å²) in [5, 5.41) is 17.6. The second-order valence-electron chi connectivity index (χ2n) is 9.60. The number of aromatic amines is 1. The van der Waals surface area contributed by atoms with Crippen molar-refractivity contribution in [2.45, 2.75) is 39.0 Å². The van der Waals surface area contributed by atoms with Gasteiger partial charge in [-0.1, -0.05) is 31.9 Å². The van der Waals surface area contributed by atoms with Gasteiger partial charge in [0, 0.05) is 17.2 Å². The second kappa shape index (κ2) is 9.44. The lowest BCUT2D eigenvalue weighted by molar-refractivity contribution is -0.117. The van der Waals surface area contributed by atoms with Crippen molar-refractivity contribution >= 4 is 11.6 Å². The molecule has 2 unspecified atom stereocenters. The van der Waals surface area contributed by atoms with Crippen LogP contribution in [-0.4, -0.2) is 40.8 Å². The summed E-state index contributed by atoms with van der Waals surface area (Å²) in [5.41, 5.74) is 3.38. The first-order chi connectivity index (χ1) is 16.6. The van der Waals surface area contributed by atoms with Gasteiger partial charge in [-0.05, 0) is 82.8 Å². The predicted molar refractivity (Wildman–Crippen MR) is 130 cm³/mol. The molecular formula is C26H31N5O3. The van der Waals surface area contributed by atoms with Crippen LogP contribution in [0.1, 0.15) is 39.0 Å². The average molecular weight is 462 g/mol. The lowest BCUT2D eigenvalue weighted by Crippen LogP contribution is -2.19. The number of hydrogen-bond acceptors (Lipinski definition) is 6. The van der Waals surface area contributed by atoms with Crippen molar-refractivity contribution in [1.29, 1.82) is 0 Å². The van der Waals surface area contributed by atoms with Gasteiger partial charge in [0.1, 0.15) is 0 Å². The van der Waals surface area contributed by atoms with Crippen LogP contribution in [0.4, 0.5) is 5.69 Å². The van der Waals surface area contributed by atoms with Crippen LogP contribution in [0.5, 0.6) is 11.5 Å². The predicted octanol–water partition coefficient (Wildman–Crippen LogP) is 4.95. The maximum atomic E-state index is 13.0. The Morgan fingerprint density at radius 1 is 1.00 bits per heavy atom. The lowest BCUT2D eigenvalue weighted by atomic mass is 9.80. The molecule has 0 aliphatic heterocycles. The van der Waals surface area contributed by atoms with Crippen LogP contribution in [-0.2, 0) is 4.79 Å². The first kappa shape index (κ1) is 22.4. The summed E-state index contributed by atoms with van der Waals surface area (Å²) < 4.78 is 10.8. The third-order valence-corrected chi connectivity index (χ3v) is 7.42. The van der Waals surface area contributed by atoms with E-state index in [1.165, 1.54) is 25.7 Å². The van der Waals surface area contributed by atoms with Crippen LogP contribution in [0.15, 0.2) is 36.4 Å². The Labute approximate surface area is 199 Å². The third kappa shape index (κ3) is 4.49. The molecule has 0 radical (unpaired) electrons. The van der Waals surface area contributed by atoms with Gasteiger partial charge in [0.05, 0.1) is 14.2 Å². The molecule has 34 heavy (non-hydrogen) atoms. The maximum absolute atomic E-state index is 13.0. The van der Waals surface area contributed by atoms with Gasteiger partial charge in [-0.3, -0.25) is 4.79 Å². The summed E-state index contributed by atoms with van der Waals surface area (Å²) in [5.74, 6) is 4.13. The summed E-state index contributed by atoms with van der Waals surface area (Å²) in [6, 6.07) is 11.6. The lowest BCUT2D eigenvalue weighted by Gasteiger charge is -2.26. The van der Waals surface area contributed by atoms with E-state index in [1.807, 2.05) is 36.4 Å². The highest BCUT2D eigenvalue weighted by atomic mass is 16.5. The molecule has 0 spiro atoms. The molecule has 0 bridgehead atoms. The molecule has 2 saturated carbocycles. The number of rotatable bonds is 7. The van der Waals surface area contributed by atoms with Crippen LogP contribution in [0.25, 0.3) is 22.5 Å². The van der Waals surface area contributed by atoms with Crippen molar-refractivity contribution in [3.05, 3.63) is 36.4 Å². The normalized spacial score (nSPS) is 23.9. The highest BCUT2D eigenvalue weighted by molar-refractivity contribution is 5.96. The molecule has 2 aliphatic carbocycles. The Kier molecular flexibility index (Phi) is 6.22. The zero-order valence-corrected chi connectivity index (χ0v) is 19.9. The molecule has 1 heterocycles. The van der Waals surface area contributed by atoms with Crippen molar-refractivity contribution < 1.29 is 14.3 Å². The quantitative estimate of drug-likeness (QED) is 0.516. The highest BCUT2D eigenvalue weighted by Crippen LogP contribution is 2.50. The fraction of sp³-hybridized carbons (Fsp3) is 0.462. The van der Waals surface area contributed by atoms with Gasteiger partial charge in [0.2, 0.25) is 5.91 Å². The monoisotopic (exact) mass is 461 g/mol. The molecule has 1 amide bonds. The third-order valence-electron chi connectivity index (χ3n) is 7.42. The van der Waals surface area contributed by atoms with Gasteiger partial charge in [-0.15, -0.1) is 5.10 Å². The minimum Gasteiger partial charge on any atom is -0.493 e. The van der Waals surface area contributed by atoms with Crippen molar-refractivity contribution in [1.82, 2.24) is 20.6 Å². The van der Waals surface area contributed by atoms with E-state index < -0.39 is 0 Å². The molecule has 178 valence electrons. The van der Waals surface area contributed by atoms with Gasteiger partial charge >= 0.3 is 0 Å². The topological polar surface area (TPSA) is 102 Å². The molecule has 8 heteroatoms. The summed E-state index contributed by atoms with van der Waals surface area (Å²) >= 11 is 0. The Morgan fingerprint density at radius 3 is 2.50 bits per heavy atom. The van der Waals surface area contributed by atoms with Crippen molar-refractivity contribution in [2.24, 2.45) is 23.7 Å². The molecule has 2 aliphatic rings. The number of carbonyl (C=O) groups excluding carboxylic acids is 1. The zero-order chi connectivity index (χ0) is 23.7. The fourth-order valence-corrected chi connectivity index (χ4v) is 5.33. The van der Waals surface area contributed by atoms with Crippen molar-refractivity contribution in [3.63, 3.8) is 0 Å². The Balaban J connectivity index is 1.37. The van der Waals surface area contributed by atoms with Gasteiger partial charge in [0.15, 0.2) is 17.3 Å². The molecule has 5 rings (SSSR count). The average Bonchev–Trinajstić information content (AvgIpc) is 3.48. The Morgan fingerprint density at radius 2 is 1.79 bits per heavy atom. The number of nitrogens with one attached hydrogen (secondary N) is 2. The molecule has 2 atom stereocenters. The molecule has 2 fully saturated rings. The van der Waals surface area contributed by atoms with Gasteiger partial charge in [-0.25, -0.2) is 5.10 Å². The number of benzene rings is 2. The van der Waals surface area contributed by atoms with Crippen molar-refractivity contribution in [3.8, 4) is 34.0 Å². The molecule has 3 aromatic rings. The second-order valence-corrected chi connectivity index (χ2v) is 9.60. The van der Waals surface area contributed by atoms with E-state index in [9.17, 15) is 4.79 Å². The minimum atomic E-state index is 0.115. The number of nitrogens with zero attached hydrogens (tertiary/aromatic N) is 3. The van der Waals surface area contributed by atoms with Crippen LogP contribution in [0.3, 0.4) is 0 Å². The summed E-state index contributed by atoms with van der Waals surface area (Å²) in [6.45, 7) is 2.33. The molecule has 2 aromatic carbocycles. The van der Waals surface area contributed by atoms with Gasteiger partial charge in [0.25, 0.3) is 0 Å². The van der Waals surface area contributed by atoms with E-state index in [2.05, 4.69) is 32.9 Å². The summed E-state index contributed by atoms with van der Waals surface area (Å²) in [6.07, 6.45) is 6.12. The SMILES string of the molecule is COc1ccc(-c2ccc(NC(=O)C3CC3C3CCC(C)CC3)cc2-c2nnn[nH]2)cc1OC. The van der Waals surface area contributed by atoms with Gasteiger partial charge < -0.3 is 14.8 Å². The fourth-order valence-electron chi connectivity index (χ4n) is 5.33. The van der Waals surface area contributed by atoms with E-state index in [0.29, 0.717) is 29.2 Å². The largest absolute Gasteiger partial charge is 0.493 e. The number of tetrazole rings is 1. The molecule has 0 saturated heterocycles. The Bertz CT molecular complexity index is 1160. The van der Waals surface area contributed by atoms with Gasteiger partial charge in [-0.2, -0.15) is 0 Å². The molecular weight excluding hydrogens is 430 g/mol. The number of ether oxygens (including phenoxy) is 2. The molecule has 2 N–H and O–H groups in total. The van der Waals surface area contributed by atoms with Crippen LogP contribution in [0.2, 0.25) is 0 Å². The van der Waals surface area contributed by atoms with Crippen LogP contribution >= 0.6 is 0 Å². The smallest absolute Gasteiger partial charge is 0.227 e. The minimum absolute atomic E-state index is 0.115. The maximum Gasteiger partial charge on any atom is 0.227 e. The Hall–Kier alpha value is -3.42. The zero-order valence-electron chi connectivity index (χ0n) is 19.9. The number of aromatic nitrogens is 4. The summed E-state index contributed by atoms with van der Waals surface area (Å²) in [7, 11) is 3.22. The highest BCUT2D eigenvalue weighted by Gasteiger charge is 2.47. The van der Waals surface area contributed by atoms with E-state index in [-0.39, 0.29) is 11.8 Å². The molecule has 1 aromatic heterocycles. The first-order valence-corrected chi connectivity index (χ1v) is 12.0. The van der Waals surface area contributed by atoms with E-state index in [4.69, 9.17) is 9.47 Å². The van der Waals surface area contributed by atoms with E-state index in [0.717, 1.165) is 34.7 Å². The van der Waals surface area contributed by atoms with E-state index >= 15 is 0 Å². The molecule has 8 nitrogen and oxygen atoms in total. The van der Waals surface area contributed by atoms with E-state index in [1.54, 1.807) is 14.2 Å². The van der Waals surface area contributed by atoms with Crippen molar-refractivity contribution in [2.75, 3.05) is 19.5 Å². The number of carbonyl (C=O) groups is 1. The number of hydrogen-bond donors (Lipinski definition) is 2. The number of anilines is 1. The standard InChI is InChI=1S/C26H31N5O3/c1-15-4-6-16(7-5-15)20-14-22(20)26(32)27-18-9-10-19(21(13-18)25-28-30-31-29-25)17-8-11-23(33-2)24(12-17)34-3/h8-13,15-16,20,22H,4-7,14H2,1-3H3,(H,27,32)(H,28,29,30,31). The number of methoxy groups -OCH3 is 2.